The minimum Gasteiger partial charge on any atom is -0.347 e. The Labute approximate surface area is 174 Å². The number of barbiturate groups is 1. The molecule has 1 fully saturated rings. The van der Waals surface area contributed by atoms with Crippen LogP contribution in [0.2, 0.25) is 0 Å². The molecule has 2 aromatic carbocycles. The van der Waals surface area contributed by atoms with Crippen LogP contribution < -0.4 is 10.2 Å². The van der Waals surface area contributed by atoms with E-state index in [0.29, 0.717) is 5.69 Å². The van der Waals surface area contributed by atoms with Crippen LogP contribution in [0.1, 0.15) is 31.4 Å². The van der Waals surface area contributed by atoms with Gasteiger partial charge < -0.3 is 4.57 Å². The van der Waals surface area contributed by atoms with Gasteiger partial charge in [-0.1, -0.05) is 44.2 Å². The highest BCUT2D eigenvalue weighted by atomic mass is 16.2. The Morgan fingerprint density at radius 1 is 0.967 bits per heavy atom. The first-order chi connectivity index (χ1) is 14.5. The minimum absolute atomic E-state index is 0.0615. The Hall–Kier alpha value is -3.67. The van der Waals surface area contributed by atoms with Crippen LogP contribution in [0.25, 0.3) is 17.0 Å². The zero-order valence-electron chi connectivity index (χ0n) is 17.0. The molecule has 1 aromatic heterocycles. The third kappa shape index (κ3) is 3.41. The lowest BCUT2D eigenvalue weighted by atomic mass is 10.1. The van der Waals surface area contributed by atoms with Crippen molar-refractivity contribution in [2.75, 3.05) is 4.90 Å². The van der Waals surface area contributed by atoms with Crippen LogP contribution in [0.4, 0.5) is 10.5 Å². The molecule has 1 N–H and O–H groups in total. The van der Waals surface area contributed by atoms with Gasteiger partial charge in [0.1, 0.15) is 5.57 Å². The number of para-hydroxylation sites is 1. The van der Waals surface area contributed by atoms with Crippen molar-refractivity contribution in [1.82, 2.24) is 9.88 Å². The molecule has 1 aliphatic heterocycles. The third-order valence-corrected chi connectivity index (χ3v) is 5.29. The summed E-state index contributed by atoms with van der Waals surface area (Å²) in [4.78, 5) is 39.1. The van der Waals surface area contributed by atoms with E-state index in [4.69, 9.17) is 0 Å². The minimum atomic E-state index is -0.736. The van der Waals surface area contributed by atoms with Gasteiger partial charge in [-0.05, 0) is 42.7 Å². The highest BCUT2D eigenvalue weighted by Crippen LogP contribution is 2.27. The summed E-state index contributed by atoms with van der Waals surface area (Å²) in [5, 5.41) is 3.24. The molecule has 0 radical (unpaired) electrons. The van der Waals surface area contributed by atoms with E-state index >= 15 is 0 Å². The van der Waals surface area contributed by atoms with Gasteiger partial charge in [-0.25, -0.2) is 9.69 Å². The lowest BCUT2D eigenvalue weighted by molar-refractivity contribution is -0.122. The Bertz CT molecular complexity index is 1170. The molecule has 0 atom stereocenters. The first-order valence-electron chi connectivity index (χ1n) is 10.1. The number of imide groups is 2. The molecule has 4 amide bonds. The van der Waals surface area contributed by atoms with Crippen molar-refractivity contribution in [1.29, 1.82) is 0 Å². The molecule has 1 saturated heterocycles. The summed E-state index contributed by atoms with van der Waals surface area (Å²) in [5.41, 5.74) is 3.28. The standard InChI is InChI=1S/C24H23N3O3/c1-3-13-26-15-17(19-7-5-6-8-21(19)26)14-20-22(28)25-24(30)27(23(20)29)18-11-9-16(4-2)10-12-18/h5-12,14-15H,3-4,13H2,1-2H3,(H,25,28,30)/b20-14+. The first kappa shape index (κ1) is 19.6. The van der Waals surface area contributed by atoms with Crippen molar-refractivity contribution in [3.05, 3.63) is 71.4 Å². The molecule has 0 aliphatic carbocycles. The van der Waals surface area contributed by atoms with Gasteiger partial charge in [-0.15, -0.1) is 0 Å². The zero-order valence-corrected chi connectivity index (χ0v) is 17.0. The second kappa shape index (κ2) is 7.99. The Balaban J connectivity index is 1.77. The van der Waals surface area contributed by atoms with Gasteiger partial charge >= 0.3 is 6.03 Å². The van der Waals surface area contributed by atoms with E-state index in [0.717, 1.165) is 46.3 Å². The number of nitrogens with one attached hydrogen (secondary N) is 1. The summed E-state index contributed by atoms with van der Waals surface area (Å²) < 4.78 is 2.11. The molecule has 2 heterocycles. The Kier molecular flexibility index (Phi) is 5.23. The maximum atomic E-state index is 13.1. The number of carbonyl (C=O) groups excluding carboxylic acids is 3. The number of amides is 4. The topological polar surface area (TPSA) is 71.4 Å². The van der Waals surface area contributed by atoms with Gasteiger partial charge in [-0.2, -0.15) is 0 Å². The predicted octanol–water partition coefficient (Wildman–Crippen LogP) is 4.28. The van der Waals surface area contributed by atoms with Crippen LogP contribution in [0, 0.1) is 0 Å². The molecule has 1 aliphatic rings. The first-order valence-corrected chi connectivity index (χ1v) is 10.1. The van der Waals surface area contributed by atoms with Gasteiger partial charge in [0.05, 0.1) is 5.69 Å². The van der Waals surface area contributed by atoms with E-state index in [1.54, 1.807) is 18.2 Å². The Morgan fingerprint density at radius 2 is 1.70 bits per heavy atom. The number of carbonyl (C=O) groups is 3. The van der Waals surface area contributed by atoms with Crippen molar-refractivity contribution < 1.29 is 14.4 Å². The molecular formula is C24H23N3O3. The molecule has 0 bridgehead atoms. The summed E-state index contributed by atoms with van der Waals surface area (Å²) >= 11 is 0. The number of aryl methyl sites for hydroxylation is 2. The van der Waals surface area contributed by atoms with Gasteiger partial charge in [0.2, 0.25) is 0 Å². The average Bonchev–Trinajstić information content (AvgIpc) is 3.09. The second-order valence-corrected chi connectivity index (χ2v) is 7.27. The van der Waals surface area contributed by atoms with Crippen molar-refractivity contribution in [2.45, 2.75) is 33.2 Å². The molecule has 30 heavy (non-hydrogen) atoms. The van der Waals surface area contributed by atoms with E-state index in [1.165, 1.54) is 0 Å². The molecule has 4 rings (SSSR count). The zero-order chi connectivity index (χ0) is 21.3. The van der Waals surface area contributed by atoms with Gasteiger partial charge in [0, 0.05) is 29.2 Å². The quantitative estimate of drug-likeness (QED) is 0.512. The highest BCUT2D eigenvalue weighted by molar-refractivity contribution is 6.39. The SMILES string of the molecule is CCCn1cc(/C=C2\C(=O)NC(=O)N(c3ccc(CC)cc3)C2=O)c2ccccc21. The Morgan fingerprint density at radius 3 is 2.40 bits per heavy atom. The lowest BCUT2D eigenvalue weighted by Gasteiger charge is -2.26. The van der Waals surface area contributed by atoms with E-state index in [9.17, 15) is 14.4 Å². The second-order valence-electron chi connectivity index (χ2n) is 7.27. The fourth-order valence-corrected chi connectivity index (χ4v) is 3.74. The fourth-order valence-electron chi connectivity index (χ4n) is 3.74. The number of aromatic nitrogens is 1. The lowest BCUT2D eigenvalue weighted by Crippen LogP contribution is -2.54. The van der Waals surface area contributed by atoms with E-state index < -0.39 is 17.8 Å². The van der Waals surface area contributed by atoms with Crippen LogP contribution in [0.5, 0.6) is 0 Å². The van der Waals surface area contributed by atoms with Crippen LogP contribution in [0.3, 0.4) is 0 Å². The normalized spacial score (nSPS) is 15.9. The molecule has 0 spiro atoms. The number of fused-ring (bicyclic) bond motifs is 1. The number of nitrogens with zero attached hydrogens (tertiary/aromatic N) is 2. The van der Waals surface area contributed by atoms with Crippen LogP contribution >= 0.6 is 0 Å². The van der Waals surface area contributed by atoms with E-state index in [-0.39, 0.29) is 5.57 Å². The molecule has 0 saturated carbocycles. The molecule has 6 heteroatoms. The summed E-state index contributed by atoms with van der Waals surface area (Å²) in [6.07, 6.45) is 5.33. The predicted molar refractivity (Wildman–Crippen MR) is 117 cm³/mol. The monoisotopic (exact) mass is 401 g/mol. The third-order valence-electron chi connectivity index (χ3n) is 5.29. The van der Waals surface area contributed by atoms with Crippen molar-refractivity contribution >= 4 is 40.5 Å². The average molecular weight is 401 g/mol. The van der Waals surface area contributed by atoms with Crippen LogP contribution in [0.15, 0.2) is 60.3 Å². The number of urea groups is 1. The summed E-state index contributed by atoms with van der Waals surface area (Å²) in [6.45, 7) is 4.96. The number of hydrogen-bond donors (Lipinski definition) is 1. The van der Waals surface area contributed by atoms with Crippen molar-refractivity contribution in [2.24, 2.45) is 0 Å². The molecule has 152 valence electrons. The van der Waals surface area contributed by atoms with Crippen LogP contribution in [-0.2, 0) is 22.6 Å². The molecule has 3 aromatic rings. The van der Waals surface area contributed by atoms with E-state index in [1.807, 2.05) is 49.5 Å². The summed E-state index contributed by atoms with van der Waals surface area (Å²) in [5.74, 6) is -1.31. The summed E-state index contributed by atoms with van der Waals surface area (Å²) in [6, 6.07) is 14.3. The van der Waals surface area contributed by atoms with Gasteiger partial charge in [0.25, 0.3) is 11.8 Å². The molecule has 6 nitrogen and oxygen atoms in total. The van der Waals surface area contributed by atoms with E-state index in [2.05, 4.69) is 16.8 Å². The maximum absolute atomic E-state index is 13.1. The largest absolute Gasteiger partial charge is 0.347 e. The highest BCUT2D eigenvalue weighted by Gasteiger charge is 2.36. The maximum Gasteiger partial charge on any atom is 0.335 e. The van der Waals surface area contributed by atoms with Crippen molar-refractivity contribution in [3.8, 4) is 0 Å². The van der Waals surface area contributed by atoms with Crippen LogP contribution in [-0.4, -0.2) is 22.4 Å². The molecular weight excluding hydrogens is 378 g/mol. The molecule has 0 unspecified atom stereocenters. The number of rotatable bonds is 5. The smallest absolute Gasteiger partial charge is 0.335 e. The fraction of sp³-hybridized carbons (Fsp3) is 0.208. The van der Waals surface area contributed by atoms with Crippen molar-refractivity contribution in [3.63, 3.8) is 0 Å². The van der Waals surface area contributed by atoms with Gasteiger partial charge in [-0.3, -0.25) is 14.9 Å². The number of benzene rings is 2. The summed E-state index contributed by atoms with van der Waals surface area (Å²) in [7, 11) is 0. The number of anilines is 1. The van der Waals surface area contributed by atoms with Gasteiger partial charge in [0.15, 0.2) is 0 Å². The number of hydrogen-bond acceptors (Lipinski definition) is 3.